The van der Waals surface area contributed by atoms with Gasteiger partial charge in [0.05, 0.1) is 10.9 Å². The second kappa shape index (κ2) is 6.56. The van der Waals surface area contributed by atoms with Gasteiger partial charge >= 0.3 is 0 Å². The van der Waals surface area contributed by atoms with Crippen molar-refractivity contribution in [2.75, 3.05) is 23.9 Å². The summed E-state index contributed by atoms with van der Waals surface area (Å²) in [5.41, 5.74) is 1.18. The van der Waals surface area contributed by atoms with E-state index in [9.17, 15) is 0 Å². The summed E-state index contributed by atoms with van der Waals surface area (Å²) in [6.45, 7) is 8.89. The van der Waals surface area contributed by atoms with Crippen LogP contribution in [0, 0.1) is 0 Å². The number of hydrogen-bond acceptors (Lipinski definition) is 5. The molecule has 0 spiro atoms. The maximum atomic E-state index is 4.89. The Balaban J connectivity index is 2.39. The van der Waals surface area contributed by atoms with Gasteiger partial charge in [-0.2, -0.15) is 11.8 Å². The molecule has 2 rings (SSSR count). The minimum atomic E-state index is 0.0531. The van der Waals surface area contributed by atoms with Crippen LogP contribution in [0.15, 0.2) is 6.07 Å². The van der Waals surface area contributed by atoms with Gasteiger partial charge in [0.25, 0.3) is 0 Å². The van der Waals surface area contributed by atoms with E-state index in [0.29, 0.717) is 10.5 Å². The van der Waals surface area contributed by atoms with E-state index in [2.05, 4.69) is 50.8 Å². The smallest absolute Gasteiger partial charge is 0.145 e. The van der Waals surface area contributed by atoms with Crippen molar-refractivity contribution in [3.05, 3.63) is 17.6 Å². The molecule has 1 aliphatic heterocycles. The zero-order valence-electron chi connectivity index (χ0n) is 13.1. The van der Waals surface area contributed by atoms with Crippen molar-refractivity contribution in [1.29, 1.82) is 0 Å². The first-order valence-corrected chi connectivity index (χ1v) is 9.36. The second-order valence-electron chi connectivity index (χ2n) is 6.11. The molecule has 0 aromatic carbocycles. The van der Waals surface area contributed by atoms with Gasteiger partial charge in [-0.15, -0.1) is 11.8 Å². The minimum Gasteiger partial charge on any atom is -0.373 e. The third kappa shape index (κ3) is 3.61. The van der Waals surface area contributed by atoms with E-state index in [0.717, 1.165) is 17.3 Å². The minimum absolute atomic E-state index is 0.0531. The van der Waals surface area contributed by atoms with Crippen LogP contribution in [-0.2, 0) is 5.41 Å². The zero-order chi connectivity index (χ0) is 14.8. The van der Waals surface area contributed by atoms with Crippen molar-refractivity contribution in [1.82, 2.24) is 9.97 Å². The fourth-order valence-corrected chi connectivity index (χ4v) is 5.24. The Hall–Kier alpha value is -0.420. The van der Waals surface area contributed by atoms with Crippen molar-refractivity contribution < 1.29 is 0 Å². The molecule has 2 atom stereocenters. The van der Waals surface area contributed by atoms with Crippen LogP contribution in [-0.4, -0.2) is 33.8 Å². The van der Waals surface area contributed by atoms with Crippen molar-refractivity contribution in [3.8, 4) is 0 Å². The van der Waals surface area contributed by atoms with Gasteiger partial charge in [0.2, 0.25) is 0 Å². The maximum absolute atomic E-state index is 4.89. The van der Waals surface area contributed by atoms with E-state index in [-0.39, 0.29) is 5.41 Å². The molecular formula is C15H25N3S2. The first kappa shape index (κ1) is 16.0. The number of anilines is 1. The van der Waals surface area contributed by atoms with Crippen molar-refractivity contribution in [3.63, 3.8) is 0 Å². The van der Waals surface area contributed by atoms with Gasteiger partial charge < -0.3 is 5.32 Å². The fourth-order valence-electron chi connectivity index (χ4n) is 2.25. The Morgan fingerprint density at radius 3 is 2.55 bits per heavy atom. The molecule has 112 valence electrons. The lowest BCUT2D eigenvalue weighted by Crippen LogP contribution is -2.23. The summed E-state index contributed by atoms with van der Waals surface area (Å²) < 4.78 is 0. The lowest BCUT2D eigenvalue weighted by molar-refractivity contribution is 0.560. The van der Waals surface area contributed by atoms with Gasteiger partial charge in [-0.25, -0.2) is 9.97 Å². The van der Waals surface area contributed by atoms with Crippen molar-refractivity contribution in [2.45, 2.75) is 50.0 Å². The fraction of sp³-hybridized carbons (Fsp3) is 0.733. The molecule has 3 nitrogen and oxygen atoms in total. The quantitative estimate of drug-likeness (QED) is 0.909. The van der Waals surface area contributed by atoms with E-state index in [1.54, 1.807) is 0 Å². The number of nitrogens with one attached hydrogen (secondary N) is 1. The number of thioether (sulfide) groups is 2. The average Bonchev–Trinajstić information content (AvgIpc) is 2.45. The number of rotatable bonds is 3. The summed E-state index contributed by atoms with van der Waals surface area (Å²) in [5, 5.41) is 4.24. The molecule has 0 aliphatic carbocycles. The third-order valence-corrected chi connectivity index (χ3v) is 6.72. The number of aromatic nitrogens is 2. The van der Waals surface area contributed by atoms with Crippen LogP contribution < -0.4 is 5.32 Å². The normalized spacial score (nSPS) is 23.6. The van der Waals surface area contributed by atoms with Gasteiger partial charge in [0.1, 0.15) is 11.6 Å². The van der Waals surface area contributed by atoms with E-state index >= 15 is 0 Å². The number of nitrogens with zero attached hydrogens (tertiary/aromatic N) is 2. The molecule has 0 radical (unpaired) electrons. The van der Waals surface area contributed by atoms with Gasteiger partial charge in [0.15, 0.2) is 0 Å². The Labute approximate surface area is 131 Å². The lowest BCUT2D eigenvalue weighted by Gasteiger charge is -2.30. The topological polar surface area (TPSA) is 37.8 Å². The van der Waals surface area contributed by atoms with E-state index < -0.39 is 0 Å². The first-order chi connectivity index (χ1) is 9.45. The molecule has 20 heavy (non-hydrogen) atoms. The average molecular weight is 312 g/mol. The summed E-state index contributed by atoms with van der Waals surface area (Å²) in [4.78, 5) is 9.62. The highest BCUT2D eigenvalue weighted by molar-refractivity contribution is 8.06. The SMILES string of the molecule is CCC1SCCSC1c1nc(NC)cc(C(C)(C)C)n1. The summed E-state index contributed by atoms with van der Waals surface area (Å²) in [6, 6.07) is 2.07. The van der Waals surface area contributed by atoms with Crippen molar-refractivity contribution in [2.24, 2.45) is 0 Å². The first-order valence-electron chi connectivity index (χ1n) is 7.26. The molecule has 1 saturated heterocycles. The van der Waals surface area contributed by atoms with Gasteiger partial charge in [0, 0.05) is 35.3 Å². The highest BCUT2D eigenvalue weighted by Crippen LogP contribution is 2.43. The molecule has 1 aromatic rings. The molecular weight excluding hydrogens is 286 g/mol. The summed E-state index contributed by atoms with van der Waals surface area (Å²) >= 11 is 4.09. The van der Waals surface area contributed by atoms with Gasteiger partial charge in [-0.1, -0.05) is 27.7 Å². The summed E-state index contributed by atoms with van der Waals surface area (Å²) in [6.07, 6.45) is 1.18. The van der Waals surface area contributed by atoms with Crippen LogP contribution in [0.2, 0.25) is 0 Å². The van der Waals surface area contributed by atoms with Crippen molar-refractivity contribution >= 4 is 29.3 Å². The molecule has 2 unspecified atom stereocenters. The molecule has 0 bridgehead atoms. The second-order valence-corrected chi connectivity index (χ2v) is 8.70. The molecule has 1 aromatic heterocycles. The highest BCUT2D eigenvalue weighted by atomic mass is 32.2. The predicted molar refractivity (Wildman–Crippen MR) is 92.0 cm³/mol. The van der Waals surface area contributed by atoms with Crippen LogP contribution in [0.4, 0.5) is 5.82 Å². The number of hydrogen-bond donors (Lipinski definition) is 1. The molecule has 0 saturated carbocycles. The third-order valence-electron chi connectivity index (χ3n) is 3.48. The molecule has 1 aliphatic rings. The van der Waals surface area contributed by atoms with E-state index in [1.807, 2.05) is 18.8 Å². The van der Waals surface area contributed by atoms with Crippen LogP contribution in [0.1, 0.15) is 50.9 Å². The Kier molecular flexibility index (Phi) is 5.24. The van der Waals surface area contributed by atoms with E-state index in [4.69, 9.17) is 9.97 Å². The maximum Gasteiger partial charge on any atom is 0.145 e. The Bertz CT molecular complexity index is 457. The van der Waals surface area contributed by atoms with Gasteiger partial charge in [-0.3, -0.25) is 0 Å². The van der Waals surface area contributed by atoms with Crippen LogP contribution in [0.3, 0.4) is 0 Å². The Morgan fingerprint density at radius 2 is 1.95 bits per heavy atom. The van der Waals surface area contributed by atoms with Crippen LogP contribution >= 0.6 is 23.5 Å². The van der Waals surface area contributed by atoms with Crippen LogP contribution in [0.25, 0.3) is 0 Å². The predicted octanol–water partition coefficient (Wildman–Crippen LogP) is 4.12. The largest absolute Gasteiger partial charge is 0.373 e. The molecule has 1 fully saturated rings. The highest BCUT2D eigenvalue weighted by Gasteiger charge is 2.30. The van der Waals surface area contributed by atoms with Gasteiger partial charge in [-0.05, 0) is 6.42 Å². The standard InChI is InChI=1S/C15H25N3S2/c1-6-10-13(20-8-7-19-10)14-17-11(15(2,3)4)9-12(16-5)18-14/h9-10,13H,6-8H2,1-5H3,(H,16,17,18). The zero-order valence-corrected chi connectivity index (χ0v) is 14.7. The molecule has 2 heterocycles. The Morgan fingerprint density at radius 1 is 1.25 bits per heavy atom. The summed E-state index contributed by atoms with van der Waals surface area (Å²) in [5.74, 6) is 4.39. The lowest BCUT2D eigenvalue weighted by atomic mass is 9.92. The van der Waals surface area contributed by atoms with Crippen LogP contribution in [0.5, 0.6) is 0 Å². The molecule has 5 heteroatoms. The molecule has 1 N–H and O–H groups in total. The van der Waals surface area contributed by atoms with E-state index in [1.165, 1.54) is 17.9 Å². The monoisotopic (exact) mass is 311 g/mol. The molecule has 0 amide bonds. The summed E-state index contributed by atoms with van der Waals surface area (Å²) in [7, 11) is 1.93.